The average molecular weight is 1050 g/mol. The molecule has 0 fully saturated rings. The maximum absolute atomic E-state index is 14.1. The van der Waals surface area contributed by atoms with Crippen LogP contribution in [0.1, 0.15) is 73.0 Å². The van der Waals surface area contributed by atoms with Crippen LogP contribution in [-0.4, -0.2) is 201 Å². The number of carbonyl (C=O) groups is 10. The maximum Gasteiger partial charge on any atom is 0.326 e. The highest BCUT2D eigenvalue weighted by Crippen LogP contribution is 2.20. The third kappa shape index (κ3) is 25.6. The Labute approximate surface area is 432 Å². The van der Waals surface area contributed by atoms with Crippen LogP contribution in [-0.2, 0) is 51.4 Å². The summed E-state index contributed by atoms with van der Waals surface area (Å²) >= 11 is 0. The highest BCUT2D eigenvalue weighted by Gasteiger charge is 2.26. The fraction of sp³-hybridized carbons (Fsp3) is 0.490. The average Bonchev–Trinajstić information content (AvgIpc) is 3.36. The summed E-state index contributed by atoms with van der Waals surface area (Å²) in [4.78, 5) is 129. The van der Waals surface area contributed by atoms with Crippen LogP contribution in [0.2, 0.25) is 0 Å². The normalized spacial score (nSPS) is 11.9. The number of carboxylic acid groups (broad SMARTS) is 6. The van der Waals surface area contributed by atoms with E-state index in [1.165, 1.54) is 0 Å². The summed E-state index contributed by atoms with van der Waals surface area (Å²) in [5.74, 6) is -8.21. The first-order chi connectivity index (χ1) is 35.8. The molecule has 0 radical (unpaired) electrons. The SMILES string of the molecule is O=C(O)CC[C@@H](NC(=O)N[C@H](CCCCN(Cc1nccc2ccccc12)C(=O)c1ccc(CNC(=O)CCCCNC(=O)CN(CCNCC(=O)O)CCN(CCNCC(=O)O)CC(=O)O)cc1)C(=O)O)C(=O)O. The van der Waals surface area contributed by atoms with E-state index >= 15 is 0 Å². The minimum Gasteiger partial charge on any atom is -0.481 e. The second kappa shape index (κ2) is 33.8. The minimum absolute atomic E-state index is 0.0611. The fourth-order valence-corrected chi connectivity index (χ4v) is 7.55. The fourth-order valence-electron chi connectivity index (χ4n) is 7.55. The number of hydrogen-bond donors (Lipinski definition) is 12. The molecule has 1 heterocycles. The van der Waals surface area contributed by atoms with Crippen molar-refractivity contribution in [3.8, 4) is 0 Å². The van der Waals surface area contributed by atoms with Crippen LogP contribution >= 0.6 is 0 Å². The first-order valence-corrected chi connectivity index (χ1v) is 24.3. The third-order valence-corrected chi connectivity index (χ3v) is 11.5. The second-order valence-electron chi connectivity index (χ2n) is 17.4. The molecule has 0 saturated carbocycles. The molecule has 5 amide bonds. The predicted molar refractivity (Wildman–Crippen MR) is 268 cm³/mol. The van der Waals surface area contributed by atoms with Crippen LogP contribution in [0.4, 0.5) is 4.79 Å². The number of hydrogen-bond acceptors (Lipinski definition) is 15. The second-order valence-corrected chi connectivity index (χ2v) is 17.4. The van der Waals surface area contributed by atoms with Crippen molar-refractivity contribution >= 4 is 70.3 Å². The van der Waals surface area contributed by atoms with Gasteiger partial charge in [-0.15, -0.1) is 0 Å². The van der Waals surface area contributed by atoms with Gasteiger partial charge in [-0.1, -0.05) is 36.4 Å². The van der Waals surface area contributed by atoms with Crippen LogP contribution in [0, 0.1) is 0 Å². The molecule has 2 aromatic carbocycles. The minimum atomic E-state index is -1.55. The monoisotopic (exact) mass is 1050 g/mol. The number of carbonyl (C=O) groups excluding carboxylic acids is 4. The predicted octanol–water partition coefficient (Wildman–Crippen LogP) is 0.0576. The number of carboxylic acids is 6. The van der Waals surface area contributed by atoms with Gasteiger partial charge in [0.05, 0.1) is 38.4 Å². The van der Waals surface area contributed by atoms with Crippen molar-refractivity contribution in [1.82, 2.24) is 51.6 Å². The van der Waals surface area contributed by atoms with Crippen molar-refractivity contribution in [2.45, 2.75) is 76.5 Å². The van der Waals surface area contributed by atoms with Crippen molar-refractivity contribution in [3.63, 3.8) is 0 Å². The molecule has 1 aromatic heterocycles. The Bertz CT molecular complexity index is 2390. The van der Waals surface area contributed by atoms with Gasteiger partial charge >= 0.3 is 41.8 Å². The van der Waals surface area contributed by atoms with Gasteiger partial charge in [0.25, 0.3) is 5.91 Å². The number of urea groups is 1. The lowest BCUT2D eigenvalue weighted by atomic mass is 10.1. The maximum atomic E-state index is 14.1. The zero-order valence-electron chi connectivity index (χ0n) is 41.5. The van der Waals surface area contributed by atoms with Gasteiger partial charge in [-0.3, -0.25) is 48.3 Å². The lowest BCUT2D eigenvalue weighted by molar-refractivity contribution is -0.141. The first kappa shape index (κ1) is 61.5. The number of fused-ring (bicyclic) bond motifs is 1. The van der Waals surface area contributed by atoms with Gasteiger partial charge in [0.1, 0.15) is 12.1 Å². The van der Waals surface area contributed by atoms with E-state index in [0.29, 0.717) is 36.1 Å². The molecule has 0 saturated heterocycles. The lowest BCUT2D eigenvalue weighted by Crippen LogP contribution is -2.51. The molecular weight excluding hydrogens is 985 g/mol. The number of aromatic nitrogens is 1. The summed E-state index contributed by atoms with van der Waals surface area (Å²) in [6.07, 6.45) is 2.27. The number of pyridine rings is 1. The molecule has 0 aliphatic rings. The highest BCUT2D eigenvalue weighted by molar-refractivity contribution is 5.95. The molecule has 410 valence electrons. The Hall–Kier alpha value is -7.81. The molecule has 26 nitrogen and oxygen atoms in total. The summed E-state index contributed by atoms with van der Waals surface area (Å²) in [5, 5.41) is 72.4. The Morgan fingerprint density at radius 3 is 1.76 bits per heavy atom. The zero-order valence-corrected chi connectivity index (χ0v) is 41.5. The Morgan fingerprint density at radius 2 is 1.16 bits per heavy atom. The topological polar surface area (TPSA) is 387 Å². The molecule has 0 unspecified atom stereocenters. The molecule has 75 heavy (non-hydrogen) atoms. The molecule has 26 heteroatoms. The number of amides is 5. The smallest absolute Gasteiger partial charge is 0.326 e. The van der Waals surface area contributed by atoms with Crippen LogP contribution in [0.15, 0.2) is 60.8 Å². The number of nitrogens with one attached hydrogen (secondary N) is 6. The van der Waals surface area contributed by atoms with Gasteiger partial charge in [0.2, 0.25) is 11.8 Å². The number of rotatable bonds is 39. The largest absolute Gasteiger partial charge is 0.481 e. The number of benzene rings is 2. The van der Waals surface area contributed by atoms with Crippen LogP contribution < -0.4 is 31.9 Å². The van der Waals surface area contributed by atoms with E-state index < -0.39 is 66.8 Å². The Morgan fingerprint density at radius 1 is 0.547 bits per heavy atom. The van der Waals surface area contributed by atoms with Gasteiger partial charge in [0, 0.05) is 88.9 Å². The van der Waals surface area contributed by atoms with E-state index in [1.54, 1.807) is 45.2 Å². The van der Waals surface area contributed by atoms with Crippen molar-refractivity contribution < 1.29 is 78.6 Å². The zero-order chi connectivity index (χ0) is 55.1. The number of unbranched alkanes of at least 4 members (excludes halogenated alkanes) is 2. The molecule has 3 rings (SSSR count). The van der Waals surface area contributed by atoms with Crippen molar-refractivity contribution in [1.29, 1.82) is 0 Å². The molecule has 0 aliphatic heterocycles. The number of nitrogens with zero attached hydrogens (tertiary/aromatic N) is 4. The van der Waals surface area contributed by atoms with E-state index in [1.807, 2.05) is 30.3 Å². The van der Waals surface area contributed by atoms with Gasteiger partial charge in [-0.05, 0) is 67.7 Å². The van der Waals surface area contributed by atoms with Crippen LogP contribution in [0.5, 0.6) is 0 Å². The van der Waals surface area contributed by atoms with E-state index in [2.05, 4.69) is 36.9 Å². The molecule has 0 aliphatic carbocycles. The standard InChI is InChI=1S/C49H68N10O16/c60-40(10-3-5-18-53-41(61)31-57(23-20-50-28-43(64)65)25-26-58(32-45(68)69)24-21-51-29-44(66)67)54-27-33-11-13-35(14-12-33)46(70)59(30-39-36-8-2-1-7-34(36)17-19-52-39)22-6-4-9-37(47(71)72)55-49(75)56-38(48(73)74)15-16-42(62)63/h1-2,7-8,11-14,17,19,37-38,50-51H,3-6,9-10,15-16,18,20-32H2,(H,53,61)(H,54,60)(H,62,63)(H,64,65)(H,66,67)(H,68,69)(H,71,72)(H,73,74)(H2,55,56,75)/t37-,38-/m1/s1. The summed E-state index contributed by atoms with van der Waals surface area (Å²) < 4.78 is 0. The molecular formula is C49H68N10O16. The molecule has 0 spiro atoms. The van der Waals surface area contributed by atoms with Crippen molar-refractivity contribution in [3.05, 3.63) is 77.6 Å². The Balaban J connectivity index is 1.52. The molecule has 12 N–H and O–H groups in total. The van der Waals surface area contributed by atoms with Gasteiger partial charge in [-0.2, -0.15) is 0 Å². The van der Waals surface area contributed by atoms with Crippen molar-refractivity contribution in [2.75, 3.05) is 78.5 Å². The third-order valence-electron chi connectivity index (χ3n) is 11.5. The highest BCUT2D eigenvalue weighted by atomic mass is 16.4. The quantitative estimate of drug-likeness (QED) is 0.0336. The first-order valence-electron chi connectivity index (χ1n) is 24.3. The van der Waals surface area contributed by atoms with Gasteiger partial charge in [0.15, 0.2) is 0 Å². The Kier molecular flexibility index (Phi) is 27.7. The lowest BCUT2D eigenvalue weighted by Gasteiger charge is -2.26. The summed E-state index contributed by atoms with van der Waals surface area (Å²) in [6, 6.07) is 12.0. The van der Waals surface area contributed by atoms with Gasteiger partial charge in [-0.25, -0.2) is 14.4 Å². The van der Waals surface area contributed by atoms with Crippen LogP contribution in [0.3, 0.4) is 0 Å². The van der Waals surface area contributed by atoms with Gasteiger partial charge < -0.3 is 67.4 Å². The van der Waals surface area contributed by atoms with E-state index in [0.717, 1.165) is 10.8 Å². The molecule has 0 bridgehead atoms. The molecule has 3 aromatic rings. The summed E-state index contributed by atoms with van der Waals surface area (Å²) in [5.41, 5.74) is 1.68. The number of aliphatic carboxylic acids is 6. The molecule has 2 atom stereocenters. The van der Waals surface area contributed by atoms with Crippen LogP contribution in [0.25, 0.3) is 10.8 Å². The summed E-state index contributed by atoms with van der Waals surface area (Å²) in [6.45, 7) is 1.28. The van der Waals surface area contributed by atoms with Crippen molar-refractivity contribution in [2.24, 2.45) is 0 Å². The van der Waals surface area contributed by atoms with E-state index in [9.17, 15) is 63.3 Å². The summed E-state index contributed by atoms with van der Waals surface area (Å²) in [7, 11) is 0. The van der Waals surface area contributed by atoms with E-state index in [-0.39, 0.29) is 129 Å². The van der Waals surface area contributed by atoms with E-state index in [4.69, 9.17) is 15.3 Å².